The summed E-state index contributed by atoms with van der Waals surface area (Å²) in [5, 5.41) is 8.12. The van der Waals surface area contributed by atoms with Crippen molar-refractivity contribution >= 4 is 39.4 Å². The van der Waals surface area contributed by atoms with Crippen molar-refractivity contribution < 1.29 is 19.5 Å². The Balaban J connectivity index is -0.0000000369. The largest absolute Gasteiger partial charge is 2.00 e. The second-order valence-electron chi connectivity index (χ2n) is 5.28. The van der Waals surface area contributed by atoms with E-state index in [4.69, 9.17) is 16.3 Å². The third-order valence-corrected chi connectivity index (χ3v) is 2.14. The maximum absolute atomic E-state index is 9.96. The summed E-state index contributed by atoms with van der Waals surface area (Å²) >= 11 is 0. The SMILES string of the molecule is C.C#CC(C)=O.C#CC(C)O.C#C[Si](C)(C)C.C/C=C/C(C)=O.CC=O.[S-2]. The van der Waals surface area contributed by atoms with Crippen LogP contribution in [0.2, 0.25) is 19.6 Å². The van der Waals surface area contributed by atoms with Gasteiger partial charge in [0.1, 0.15) is 20.5 Å². The molecule has 0 saturated carbocycles. The van der Waals surface area contributed by atoms with Gasteiger partial charge in [-0.05, 0) is 39.7 Å². The molecule has 1 atom stereocenters. The number of carbonyl (C=O) groups is 3. The van der Waals surface area contributed by atoms with Gasteiger partial charge in [0.15, 0.2) is 5.78 Å². The van der Waals surface area contributed by atoms with Crippen molar-refractivity contribution in [1.82, 2.24) is 0 Å². The highest BCUT2D eigenvalue weighted by molar-refractivity contribution is 7.37. The molecule has 0 heterocycles. The molecule has 27 heavy (non-hydrogen) atoms. The smallest absolute Gasteiger partial charge is 0.202 e. The lowest BCUT2D eigenvalue weighted by Crippen LogP contribution is -2.15. The van der Waals surface area contributed by atoms with Gasteiger partial charge in [-0.1, -0.05) is 39.1 Å². The maximum Gasteiger partial charge on any atom is 0.202 e. The average molecular weight is 413 g/mol. The first-order valence-electron chi connectivity index (χ1n) is 7.41. The van der Waals surface area contributed by atoms with E-state index < -0.39 is 14.2 Å². The summed E-state index contributed by atoms with van der Waals surface area (Å²) in [4.78, 5) is 28.3. The van der Waals surface area contributed by atoms with Crippen LogP contribution in [-0.2, 0) is 27.9 Å². The molecule has 1 unspecified atom stereocenters. The van der Waals surface area contributed by atoms with Gasteiger partial charge in [0.2, 0.25) is 5.78 Å². The maximum atomic E-state index is 9.96. The first kappa shape index (κ1) is 44.4. The van der Waals surface area contributed by atoms with Crippen LogP contribution in [-0.4, -0.2) is 37.1 Å². The Morgan fingerprint density at radius 1 is 1.07 bits per heavy atom. The van der Waals surface area contributed by atoms with Gasteiger partial charge in [0, 0.05) is 6.92 Å². The summed E-state index contributed by atoms with van der Waals surface area (Å²) in [6.07, 6.45) is 17.8. The van der Waals surface area contributed by atoms with Gasteiger partial charge in [-0.15, -0.1) is 24.8 Å². The molecule has 6 heteroatoms. The van der Waals surface area contributed by atoms with Crippen LogP contribution < -0.4 is 0 Å². The summed E-state index contributed by atoms with van der Waals surface area (Å²) in [5.74, 6) is 3.86. The lowest BCUT2D eigenvalue weighted by Gasteiger charge is -2.00. The summed E-state index contributed by atoms with van der Waals surface area (Å²) in [5.41, 5.74) is 2.74. The molecule has 0 aromatic heterocycles. The molecule has 0 bridgehead atoms. The number of rotatable bonds is 1. The van der Waals surface area contributed by atoms with Crippen LogP contribution >= 0.6 is 0 Å². The number of ketones is 2. The molecule has 1 N–H and O–H groups in total. The van der Waals surface area contributed by atoms with Crippen LogP contribution in [0.3, 0.4) is 0 Å². The van der Waals surface area contributed by atoms with Crippen molar-refractivity contribution in [3.63, 3.8) is 0 Å². The second-order valence-corrected chi connectivity index (χ2v) is 10.1. The predicted molar refractivity (Wildman–Crippen MR) is 124 cm³/mol. The summed E-state index contributed by atoms with van der Waals surface area (Å²) in [6.45, 7) is 14.1. The zero-order chi connectivity index (χ0) is 21.5. The fraction of sp³-hybridized carbons (Fsp3) is 0.476. The Bertz CT molecular complexity index is 496. The first-order chi connectivity index (χ1) is 11.3. The zero-order valence-electron chi connectivity index (χ0n) is 17.1. The van der Waals surface area contributed by atoms with E-state index in [2.05, 4.69) is 44.0 Å². The number of aldehydes is 1. The number of allylic oxidation sites excluding steroid dienone is 2. The molecular weight excluding hydrogens is 376 g/mol. The van der Waals surface area contributed by atoms with E-state index in [1.165, 1.54) is 26.8 Å². The van der Waals surface area contributed by atoms with E-state index in [9.17, 15) is 9.59 Å². The fourth-order valence-corrected chi connectivity index (χ4v) is 0.235. The molecule has 156 valence electrons. The Kier molecular flexibility index (Phi) is 57.8. The quantitative estimate of drug-likeness (QED) is 0.234. The van der Waals surface area contributed by atoms with E-state index in [-0.39, 0.29) is 32.5 Å². The van der Waals surface area contributed by atoms with Crippen LogP contribution in [0.4, 0.5) is 0 Å². The molecule has 0 spiro atoms. The molecule has 0 saturated heterocycles. The minimum atomic E-state index is -1.10. The number of aliphatic hydroxyl groups is 1. The van der Waals surface area contributed by atoms with E-state index >= 15 is 0 Å². The van der Waals surface area contributed by atoms with Gasteiger partial charge in [0.25, 0.3) is 0 Å². The topological polar surface area (TPSA) is 71.4 Å². The number of Topliss-reactive ketones (excluding diaryl/α,β-unsaturated/α-hetero) is 1. The summed E-state index contributed by atoms with van der Waals surface area (Å²) in [7, 11) is -1.10. The normalized spacial score (nSPS) is 8.37. The van der Waals surface area contributed by atoms with Crippen LogP contribution in [0.1, 0.15) is 42.0 Å². The molecule has 0 radical (unpaired) electrons. The molecule has 0 rings (SSSR count). The number of hydrogen-bond acceptors (Lipinski definition) is 4. The minimum absolute atomic E-state index is 0. The molecule has 0 fully saturated rings. The van der Waals surface area contributed by atoms with E-state index in [0.717, 1.165) is 6.29 Å². The molecule has 0 amide bonds. The highest BCUT2D eigenvalue weighted by Gasteiger charge is 2.05. The van der Waals surface area contributed by atoms with Crippen molar-refractivity contribution in [2.45, 2.75) is 67.8 Å². The van der Waals surface area contributed by atoms with Gasteiger partial charge < -0.3 is 23.4 Å². The molecule has 0 aliphatic rings. The van der Waals surface area contributed by atoms with Crippen molar-refractivity contribution in [3.05, 3.63) is 12.2 Å². The molecule has 0 aliphatic heterocycles. The van der Waals surface area contributed by atoms with E-state index in [1.54, 1.807) is 13.0 Å². The predicted octanol–water partition coefficient (Wildman–Crippen LogP) is 3.70. The molecule has 4 nitrogen and oxygen atoms in total. The lowest BCUT2D eigenvalue weighted by atomic mass is 10.4. The Labute approximate surface area is 175 Å². The number of terminal acetylenes is 3. The van der Waals surface area contributed by atoms with Crippen molar-refractivity contribution in [3.8, 4) is 36.7 Å². The standard InChI is InChI=1S/C5H8O.C5H10Si.C4H6O.C4H4O.C2H4O.CH4.S/c1-3-4-5(2)6;1-5-6(2,3)4;2*1-3-4(2)5;1-2-3;;/h3-4H,1-2H3;1H,2-4H3;1,4-5H,2H3;1H,2H3;2H,1H3;1H4;/q;;;;;;-2/b4-3+;;;;;;. The number of aliphatic hydroxyl groups excluding tert-OH is 1. The lowest BCUT2D eigenvalue weighted by molar-refractivity contribution is -0.113. The van der Waals surface area contributed by atoms with Crippen LogP contribution in [0.5, 0.6) is 0 Å². The summed E-state index contributed by atoms with van der Waals surface area (Å²) < 4.78 is 0. The highest BCUT2D eigenvalue weighted by atomic mass is 32.1. The van der Waals surface area contributed by atoms with Gasteiger partial charge in [0.05, 0.1) is 0 Å². The highest BCUT2D eigenvalue weighted by Crippen LogP contribution is 1.94. The van der Waals surface area contributed by atoms with Gasteiger partial charge in [-0.25, -0.2) is 0 Å². The number of hydrogen-bond donors (Lipinski definition) is 1. The molecule has 0 aromatic rings. The van der Waals surface area contributed by atoms with Crippen LogP contribution in [0, 0.1) is 36.7 Å². The van der Waals surface area contributed by atoms with Crippen molar-refractivity contribution in [1.29, 1.82) is 0 Å². The average Bonchev–Trinajstić information content (AvgIpc) is 2.49. The van der Waals surface area contributed by atoms with Gasteiger partial charge >= 0.3 is 0 Å². The third kappa shape index (κ3) is 182. The van der Waals surface area contributed by atoms with Crippen LogP contribution in [0.25, 0.3) is 0 Å². The van der Waals surface area contributed by atoms with E-state index in [1.807, 2.05) is 12.8 Å². The molecule has 0 aliphatic carbocycles. The summed E-state index contributed by atoms with van der Waals surface area (Å²) in [6, 6.07) is 0. The van der Waals surface area contributed by atoms with Gasteiger partial charge in [-0.2, -0.15) is 0 Å². The Hall–Kier alpha value is -2.04. The van der Waals surface area contributed by atoms with Gasteiger partial charge in [-0.3, -0.25) is 9.59 Å². The number of carbonyl (C=O) groups excluding carboxylic acids is 3. The Morgan fingerprint density at radius 2 is 1.30 bits per heavy atom. The van der Waals surface area contributed by atoms with Crippen molar-refractivity contribution in [2.75, 3.05) is 0 Å². The third-order valence-electron chi connectivity index (χ3n) is 1.28. The first-order valence-corrected chi connectivity index (χ1v) is 10.9. The monoisotopic (exact) mass is 412 g/mol. The van der Waals surface area contributed by atoms with Crippen molar-refractivity contribution in [2.24, 2.45) is 0 Å². The molecule has 0 aromatic carbocycles. The van der Waals surface area contributed by atoms with Crippen LogP contribution in [0.15, 0.2) is 12.2 Å². The molecular formula is C21H36O4SSi-2. The fourth-order valence-electron chi connectivity index (χ4n) is 0.235. The minimum Gasteiger partial charge on any atom is -2.00 e. The second kappa shape index (κ2) is 35.1. The Morgan fingerprint density at radius 3 is 1.30 bits per heavy atom. The zero-order valence-corrected chi connectivity index (χ0v) is 18.9. The van der Waals surface area contributed by atoms with E-state index in [0.29, 0.717) is 0 Å².